The molecule has 0 spiro atoms. The van der Waals surface area contributed by atoms with Crippen molar-refractivity contribution in [3.05, 3.63) is 35.4 Å². The van der Waals surface area contributed by atoms with Crippen molar-refractivity contribution < 1.29 is 0 Å². The fourth-order valence-corrected chi connectivity index (χ4v) is 2.04. The molecule has 0 radical (unpaired) electrons. The summed E-state index contributed by atoms with van der Waals surface area (Å²) in [5, 5.41) is 0. The molecule has 0 fully saturated rings. The Morgan fingerprint density at radius 1 is 1.00 bits per heavy atom. The van der Waals surface area contributed by atoms with Crippen LogP contribution in [0.15, 0.2) is 24.3 Å². The minimum absolute atomic E-state index is 0.720. The van der Waals surface area contributed by atoms with E-state index in [1.807, 2.05) is 0 Å². The summed E-state index contributed by atoms with van der Waals surface area (Å²) in [4.78, 5) is 4.80. The van der Waals surface area contributed by atoms with Crippen molar-refractivity contribution in [1.82, 2.24) is 9.80 Å². The van der Waals surface area contributed by atoms with Crippen LogP contribution >= 0.6 is 0 Å². The van der Waals surface area contributed by atoms with Gasteiger partial charge in [-0.25, -0.2) is 0 Å². The number of likely N-dealkylation sites (N-methyl/N-ethyl adjacent to an activating group) is 1. The zero-order chi connectivity index (χ0) is 13.5. The highest BCUT2D eigenvalue weighted by atomic mass is 15.2. The Balaban J connectivity index is 2.56. The summed E-state index contributed by atoms with van der Waals surface area (Å²) in [5.41, 5.74) is 2.75. The fourth-order valence-electron chi connectivity index (χ4n) is 2.04. The van der Waals surface area contributed by atoms with Gasteiger partial charge in [0, 0.05) is 26.2 Å². The van der Waals surface area contributed by atoms with Crippen LogP contribution in [0.1, 0.15) is 25.0 Å². The molecule has 2 nitrogen and oxygen atoms in total. The van der Waals surface area contributed by atoms with Crippen LogP contribution in [-0.2, 0) is 6.54 Å². The predicted octanol–water partition coefficient (Wildman–Crippen LogP) is 3.01. The lowest BCUT2D eigenvalue weighted by Crippen LogP contribution is -2.33. The second kappa shape index (κ2) is 7.55. The number of aryl methyl sites for hydroxylation is 1. The summed E-state index contributed by atoms with van der Waals surface area (Å²) in [6, 6.07) is 8.90. The molecular formula is C16H28N2. The van der Waals surface area contributed by atoms with Crippen molar-refractivity contribution in [1.29, 1.82) is 0 Å². The van der Waals surface area contributed by atoms with Crippen molar-refractivity contribution in [3.63, 3.8) is 0 Å². The van der Waals surface area contributed by atoms with Crippen LogP contribution in [0.2, 0.25) is 0 Å². The quantitative estimate of drug-likeness (QED) is 0.732. The summed E-state index contributed by atoms with van der Waals surface area (Å²) in [7, 11) is 4.28. The Bertz CT molecular complexity index is 327. The van der Waals surface area contributed by atoms with Gasteiger partial charge in [0.15, 0.2) is 0 Å². The first-order valence-corrected chi connectivity index (χ1v) is 6.90. The molecule has 0 N–H and O–H groups in total. The first-order valence-electron chi connectivity index (χ1n) is 6.90. The first kappa shape index (κ1) is 15.2. The van der Waals surface area contributed by atoms with E-state index in [0.717, 1.165) is 25.6 Å². The van der Waals surface area contributed by atoms with Gasteiger partial charge in [0.2, 0.25) is 0 Å². The summed E-state index contributed by atoms with van der Waals surface area (Å²) in [6.07, 6.45) is 0. The lowest BCUT2D eigenvalue weighted by atomic mass is 10.1. The lowest BCUT2D eigenvalue weighted by molar-refractivity contribution is 0.212. The number of hydrogen-bond donors (Lipinski definition) is 0. The molecule has 0 saturated heterocycles. The minimum Gasteiger partial charge on any atom is -0.308 e. The van der Waals surface area contributed by atoms with Gasteiger partial charge in [0.05, 0.1) is 0 Å². The minimum atomic E-state index is 0.720. The van der Waals surface area contributed by atoms with Crippen molar-refractivity contribution in [2.24, 2.45) is 5.92 Å². The molecule has 0 aliphatic heterocycles. The Morgan fingerprint density at radius 2 is 1.61 bits per heavy atom. The molecule has 0 atom stereocenters. The average molecular weight is 248 g/mol. The smallest absolute Gasteiger partial charge is 0.0234 e. The number of nitrogens with zero attached hydrogens (tertiary/aromatic N) is 2. The molecule has 1 rings (SSSR count). The van der Waals surface area contributed by atoms with Crippen molar-refractivity contribution in [3.8, 4) is 0 Å². The normalized spacial score (nSPS) is 11.8. The molecule has 0 saturated carbocycles. The molecule has 0 amide bonds. The first-order chi connectivity index (χ1) is 8.47. The van der Waals surface area contributed by atoms with Crippen LogP contribution in [0, 0.1) is 12.8 Å². The van der Waals surface area contributed by atoms with Gasteiger partial charge in [-0.15, -0.1) is 0 Å². The molecule has 1 aromatic carbocycles. The van der Waals surface area contributed by atoms with Crippen molar-refractivity contribution in [2.45, 2.75) is 27.3 Å². The highest BCUT2D eigenvalue weighted by molar-refractivity contribution is 5.21. The second-order valence-corrected chi connectivity index (χ2v) is 5.92. The molecule has 0 unspecified atom stereocenters. The van der Waals surface area contributed by atoms with Gasteiger partial charge in [-0.3, -0.25) is 4.90 Å². The Kier molecular flexibility index (Phi) is 6.37. The van der Waals surface area contributed by atoms with Gasteiger partial charge in [0.25, 0.3) is 0 Å². The third kappa shape index (κ3) is 6.18. The Labute approximate surface area is 113 Å². The van der Waals surface area contributed by atoms with Gasteiger partial charge in [-0.1, -0.05) is 43.7 Å². The standard InChI is InChI=1S/C16H28N2/c1-14(2)12-18(11-10-17(4)5)13-16-8-6-15(3)7-9-16/h6-9,14H,10-13H2,1-5H3. The van der Waals surface area contributed by atoms with E-state index in [2.05, 4.69) is 68.9 Å². The molecule has 1 aromatic rings. The van der Waals surface area contributed by atoms with Gasteiger partial charge in [0.1, 0.15) is 0 Å². The van der Waals surface area contributed by atoms with Crippen LogP contribution in [0.5, 0.6) is 0 Å². The third-order valence-corrected chi connectivity index (χ3v) is 3.01. The van der Waals surface area contributed by atoms with Gasteiger partial charge < -0.3 is 4.90 Å². The second-order valence-electron chi connectivity index (χ2n) is 5.92. The van der Waals surface area contributed by atoms with Crippen LogP contribution in [-0.4, -0.2) is 43.5 Å². The maximum atomic E-state index is 2.55. The monoisotopic (exact) mass is 248 g/mol. The number of rotatable bonds is 7. The lowest BCUT2D eigenvalue weighted by Gasteiger charge is -2.26. The van der Waals surface area contributed by atoms with Gasteiger partial charge in [-0.05, 0) is 32.5 Å². The number of hydrogen-bond acceptors (Lipinski definition) is 2. The van der Waals surface area contributed by atoms with Gasteiger partial charge >= 0.3 is 0 Å². The highest BCUT2D eigenvalue weighted by Crippen LogP contribution is 2.09. The predicted molar refractivity (Wildman–Crippen MR) is 79.8 cm³/mol. The molecule has 0 bridgehead atoms. The third-order valence-electron chi connectivity index (χ3n) is 3.01. The van der Waals surface area contributed by atoms with E-state index < -0.39 is 0 Å². The van der Waals surface area contributed by atoms with Crippen molar-refractivity contribution in [2.75, 3.05) is 33.7 Å². The fraction of sp³-hybridized carbons (Fsp3) is 0.625. The Hall–Kier alpha value is -0.860. The summed E-state index contributed by atoms with van der Waals surface area (Å²) < 4.78 is 0. The average Bonchev–Trinajstić information content (AvgIpc) is 2.28. The molecular weight excluding hydrogens is 220 g/mol. The van der Waals surface area contributed by atoms with E-state index in [1.54, 1.807) is 0 Å². The molecule has 0 aliphatic rings. The molecule has 102 valence electrons. The largest absolute Gasteiger partial charge is 0.308 e. The zero-order valence-electron chi connectivity index (χ0n) is 12.6. The number of benzene rings is 1. The molecule has 0 aliphatic carbocycles. The highest BCUT2D eigenvalue weighted by Gasteiger charge is 2.08. The van der Waals surface area contributed by atoms with E-state index >= 15 is 0 Å². The molecule has 18 heavy (non-hydrogen) atoms. The maximum absolute atomic E-state index is 2.55. The van der Waals surface area contributed by atoms with E-state index in [-0.39, 0.29) is 0 Å². The van der Waals surface area contributed by atoms with E-state index in [0.29, 0.717) is 0 Å². The summed E-state index contributed by atoms with van der Waals surface area (Å²) in [6.45, 7) is 11.2. The molecule has 0 aromatic heterocycles. The summed E-state index contributed by atoms with van der Waals surface area (Å²) in [5.74, 6) is 0.720. The topological polar surface area (TPSA) is 6.48 Å². The van der Waals surface area contributed by atoms with Crippen LogP contribution in [0.4, 0.5) is 0 Å². The van der Waals surface area contributed by atoms with E-state index in [1.165, 1.54) is 17.7 Å². The molecule has 0 heterocycles. The molecule has 2 heteroatoms. The van der Waals surface area contributed by atoms with Crippen LogP contribution in [0.25, 0.3) is 0 Å². The van der Waals surface area contributed by atoms with Gasteiger partial charge in [-0.2, -0.15) is 0 Å². The van der Waals surface area contributed by atoms with Crippen molar-refractivity contribution >= 4 is 0 Å². The van der Waals surface area contributed by atoms with E-state index in [9.17, 15) is 0 Å². The zero-order valence-corrected chi connectivity index (χ0v) is 12.6. The van der Waals surface area contributed by atoms with Crippen LogP contribution < -0.4 is 0 Å². The summed E-state index contributed by atoms with van der Waals surface area (Å²) >= 11 is 0. The SMILES string of the molecule is Cc1ccc(CN(CCN(C)C)CC(C)C)cc1. The maximum Gasteiger partial charge on any atom is 0.0234 e. The Morgan fingerprint density at radius 3 is 2.11 bits per heavy atom. The van der Waals surface area contributed by atoms with E-state index in [4.69, 9.17) is 0 Å². The van der Waals surface area contributed by atoms with Crippen LogP contribution in [0.3, 0.4) is 0 Å².